The van der Waals surface area contributed by atoms with E-state index < -0.39 is 0 Å². The van der Waals surface area contributed by atoms with E-state index in [-0.39, 0.29) is 0 Å². The Balaban J connectivity index is 1.48. The first-order valence-corrected chi connectivity index (χ1v) is 9.57. The second kappa shape index (κ2) is 7.71. The lowest BCUT2D eigenvalue weighted by molar-refractivity contribution is 0.0699. The molecule has 1 saturated carbocycles. The van der Waals surface area contributed by atoms with Crippen LogP contribution in [0.15, 0.2) is 30.7 Å². The van der Waals surface area contributed by atoms with Crippen LogP contribution in [0.3, 0.4) is 0 Å². The Bertz CT molecular complexity index is 727. The Hall–Kier alpha value is -1.65. The van der Waals surface area contributed by atoms with Crippen LogP contribution in [-0.2, 0) is 11.2 Å². The van der Waals surface area contributed by atoms with E-state index in [2.05, 4.69) is 27.4 Å². The van der Waals surface area contributed by atoms with Crippen molar-refractivity contribution in [2.75, 3.05) is 25.1 Å². The molecular weight excluding hydrogens is 334 g/mol. The highest BCUT2D eigenvalue weighted by molar-refractivity contribution is 6.33. The summed E-state index contributed by atoms with van der Waals surface area (Å²) < 4.78 is 5.42. The van der Waals surface area contributed by atoms with E-state index in [1.54, 1.807) is 6.20 Å². The Morgan fingerprint density at radius 3 is 2.68 bits per heavy atom. The van der Waals surface area contributed by atoms with Crippen molar-refractivity contribution in [1.82, 2.24) is 9.97 Å². The molecule has 1 N–H and O–H groups in total. The molecule has 0 unspecified atom stereocenters. The van der Waals surface area contributed by atoms with E-state index in [4.69, 9.17) is 16.3 Å². The number of nitrogens with one attached hydrogen (secondary N) is 1. The zero-order chi connectivity index (χ0) is 17.1. The largest absolute Gasteiger partial charge is 0.384 e. The van der Waals surface area contributed by atoms with Gasteiger partial charge in [-0.25, -0.2) is 0 Å². The van der Waals surface area contributed by atoms with Crippen LogP contribution in [0, 0.1) is 11.8 Å². The molecule has 0 atom stereocenters. The van der Waals surface area contributed by atoms with Gasteiger partial charge in [0.25, 0.3) is 0 Å². The van der Waals surface area contributed by atoms with Gasteiger partial charge in [-0.1, -0.05) is 11.6 Å². The number of halogens is 1. The first kappa shape index (κ1) is 16.8. The van der Waals surface area contributed by atoms with E-state index in [9.17, 15) is 0 Å². The number of ether oxygens (including phenoxy) is 1. The average Bonchev–Trinajstić information content (AvgIpc) is 3.47. The summed E-state index contributed by atoms with van der Waals surface area (Å²) in [6.07, 6.45) is 11.5. The van der Waals surface area contributed by atoms with Crippen molar-refractivity contribution < 1.29 is 4.74 Å². The molecule has 0 bridgehead atoms. The molecule has 0 amide bonds. The van der Waals surface area contributed by atoms with Gasteiger partial charge in [-0.3, -0.25) is 9.97 Å². The van der Waals surface area contributed by atoms with Gasteiger partial charge in [0.15, 0.2) is 0 Å². The van der Waals surface area contributed by atoms with E-state index in [1.165, 1.54) is 12.8 Å². The molecule has 25 heavy (non-hydrogen) atoms. The second-order valence-corrected chi connectivity index (χ2v) is 7.61. The van der Waals surface area contributed by atoms with Crippen LogP contribution < -0.4 is 5.32 Å². The maximum Gasteiger partial charge on any atom is 0.0668 e. The van der Waals surface area contributed by atoms with Crippen molar-refractivity contribution in [2.24, 2.45) is 11.8 Å². The van der Waals surface area contributed by atoms with Gasteiger partial charge in [0.1, 0.15) is 0 Å². The lowest BCUT2D eigenvalue weighted by Gasteiger charge is -2.22. The molecule has 1 aliphatic heterocycles. The van der Waals surface area contributed by atoms with Gasteiger partial charge >= 0.3 is 0 Å². The molecule has 4 rings (SSSR count). The monoisotopic (exact) mass is 357 g/mol. The number of nitrogens with zero attached hydrogens (tertiary/aromatic N) is 2. The van der Waals surface area contributed by atoms with Crippen LogP contribution >= 0.6 is 11.6 Å². The van der Waals surface area contributed by atoms with Crippen LogP contribution in [0.2, 0.25) is 5.02 Å². The Labute approximate surface area is 154 Å². The molecule has 0 spiro atoms. The van der Waals surface area contributed by atoms with Crippen molar-refractivity contribution in [3.05, 3.63) is 41.4 Å². The first-order valence-electron chi connectivity index (χ1n) is 9.19. The van der Waals surface area contributed by atoms with Gasteiger partial charge in [0.2, 0.25) is 0 Å². The van der Waals surface area contributed by atoms with Crippen molar-refractivity contribution in [3.63, 3.8) is 0 Å². The Morgan fingerprint density at radius 1 is 1.04 bits per heavy atom. The summed E-state index contributed by atoms with van der Waals surface area (Å²) in [5.41, 5.74) is 4.24. The molecular formula is C20H24ClN3O. The number of hydrogen-bond donors (Lipinski definition) is 1. The maximum absolute atomic E-state index is 6.41. The van der Waals surface area contributed by atoms with Gasteiger partial charge in [-0.05, 0) is 56.1 Å². The molecule has 1 saturated heterocycles. The van der Waals surface area contributed by atoms with Crippen molar-refractivity contribution in [2.45, 2.75) is 32.1 Å². The molecule has 3 heterocycles. The quantitative estimate of drug-likeness (QED) is 0.821. The van der Waals surface area contributed by atoms with Crippen LogP contribution in [0.25, 0.3) is 11.1 Å². The van der Waals surface area contributed by atoms with Crippen molar-refractivity contribution in [3.8, 4) is 11.1 Å². The summed E-state index contributed by atoms with van der Waals surface area (Å²) >= 11 is 6.41. The van der Waals surface area contributed by atoms with Gasteiger partial charge in [0.05, 0.1) is 10.7 Å². The highest BCUT2D eigenvalue weighted by Gasteiger charge is 2.22. The molecule has 0 radical (unpaired) electrons. The molecule has 2 aliphatic rings. The first-order chi connectivity index (χ1) is 12.3. The van der Waals surface area contributed by atoms with Gasteiger partial charge < -0.3 is 10.1 Å². The van der Waals surface area contributed by atoms with Crippen LogP contribution in [0.4, 0.5) is 5.69 Å². The van der Waals surface area contributed by atoms with E-state index in [0.717, 1.165) is 67.4 Å². The summed E-state index contributed by atoms with van der Waals surface area (Å²) in [5, 5.41) is 4.21. The van der Waals surface area contributed by atoms with Crippen molar-refractivity contribution in [1.29, 1.82) is 0 Å². The summed E-state index contributed by atoms with van der Waals surface area (Å²) in [7, 11) is 0. The standard InChI is InChI=1S/C20H24ClN3O/c21-20-13-24-17(7-14-1-2-14)9-19(20)16-8-18(12-22-11-16)23-10-15-3-5-25-6-4-15/h8-9,11-15,23H,1-7,10H2. The zero-order valence-electron chi connectivity index (χ0n) is 14.4. The van der Waals surface area contributed by atoms with Gasteiger partial charge in [-0.15, -0.1) is 0 Å². The minimum atomic E-state index is 0.673. The second-order valence-electron chi connectivity index (χ2n) is 7.20. The SMILES string of the molecule is Clc1cnc(CC2CC2)cc1-c1cncc(NCC2CCOCC2)c1. The van der Waals surface area contributed by atoms with Crippen molar-refractivity contribution >= 4 is 17.3 Å². The maximum atomic E-state index is 6.41. The predicted octanol–water partition coefficient (Wildman–Crippen LogP) is 4.59. The average molecular weight is 358 g/mol. The Kier molecular flexibility index (Phi) is 5.18. The number of aromatic nitrogens is 2. The van der Waals surface area contributed by atoms with E-state index in [1.807, 2.05) is 12.4 Å². The summed E-state index contributed by atoms with van der Waals surface area (Å²) in [4.78, 5) is 8.89. The zero-order valence-corrected chi connectivity index (χ0v) is 15.1. The lowest BCUT2D eigenvalue weighted by Crippen LogP contribution is -2.22. The number of pyridine rings is 2. The number of hydrogen-bond acceptors (Lipinski definition) is 4. The van der Waals surface area contributed by atoms with Crippen LogP contribution in [0.1, 0.15) is 31.4 Å². The minimum Gasteiger partial charge on any atom is -0.384 e. The molecule has 5 heteroatoms. The normalized spacial score (nSPS) is 18.3. The molecule has 4 nitrogen and oxygen atoms in total. The fourth-order valence-electron chi connectivity index (χ4n) is 3.33. The number of rotatable bonds is 6. The minimum absolute atomic E-state index is 0.673. The molecule has 2 aromatic rings. The molecule has 2 fully saturated rings. The topological polar surface area (TPSA) is 47.0 Å². The highest BCUT2D eigenvalue weighted by Crippen LogP contribution is 2.34. The third kappa shape index (κ3) is 4.50. The highest BCUT2D eigenvalue weighted by atomic mass is 35.5. The van der Waals surface area contributed by atoms with E-state index in [0.29, 0.717) is 10.9 Å². The van der Waals surface area contributed by atoms with Gasteiger partial charge in [-0.2, -0.15) is 0 Å². The molecule has 2 aromatic heterocycles. The fourth-order valence-corrected chi connectivity index (χ4v) is 3.54. The lowest BCUT2D eigenvalue weighted by atomic mass is 10.0. The summed E-state index contributed by atoms with van der Waals surface area (Å²) in [6, 6.07) is 4.26. The predicted molar refractivity (Wildman–Crippen MR) is 101 cm³/mol. The summed E-state index contributed by atoms with van der Waals surface area (Å²) in [5.74, 6) is 1.49. The fraction of sp³-hybridized carbons (Fsp3) is 0.500. The third-order valence-corrected chi connectivity index (χ3v) is 5.39. The molecule has 1 aliphatic carbocycles. The number of anilines is 1. The Morgan fingerprint density at radius 2 is 1.88 bits per heavy atom. The third-order valence-electron chi connectivity index (χ3n) is 5.09. The summed E-state index contributed by atoms with van der Waals surface area (Å²) in [6.45, 7) is 2.72. The van der Waals surface area contributed by atoms with E-state index >= 15 is 0 Å². The van der Waals surface area contributed by atoms with Gasteiger partial charge in [0, 0.05) is 55.2 Å². The molecule has 132 valence electrons. The van der Waals surface area contributed by atoms with Crippen LogP contribution in [-0.4, -0.2) is 29.7 Å². The smallest absolute Gasteiger partial charge is 0.0668 e. The van der Waals surface area contributed by atoms with Crippen LogP contribution in [0.5, 0.6) is 0 Å². The molecule has 0 aromatic carbocycles.